The van der Waals surface area contributed by atoms with Crippen LogP contribution < -0.4 is 0 Å². The van der Waals surface area contributed by atoms with Crippen LogP contribution in [-0.4, -0.2) is 55.2 Å². The number of carbonyl (C=O) groups excluding carboxylic acids is 3. The molecule has 8 nitrogen and oxygen atoms in total. The maximum Gasteiger partial charge on any atom is 0.338 e. The van der Waals surface area contributed by atoms with Crippen molar-refractivity contribution in [2.75, 3.05) is 7.11 Å². The molecule has 1 spiro atoms. The van der Waals surface area contributed by atoms with Crippen LogP contribution in [0.5, 0.6) is 0 Å². The van der Waals surface area contributed by atoms with Crippen molar-refractivity contribution in [2.24, 2.45) is 0 Å². The molecule has 0 bridgehead atoms. The molecule has 1 aromatic rings. The second-order valence-corrected chi connectivity index (χ2v) is 6.25. The van der Waals surface area contributed by atoms with Crippen LogP contribution in [0.25, 0.3) is 0 Å². The topological polar surface area (TPSA) is 97.4 Å². The summed E-state index contributed by atoms with van der Waals surface area (Å²) in [5, 5.41) is 0. The summed E-state index contributed by atoms with van der Waals surface area (Å²) in [6.45, 7) is 2.48. The third kappa shape index (κ3) is 3.42. The Labute approximate surface area is 150 Å². The number of methoxy groups -OCH3 is 1. The molecule has 2 aliphatic rings. The monoisotopic (exact) mass is 364 g/mol. The van der Waals surface area contributed by atoms with Gasteiger partial charge < -0.3 is 23.7 Å². The summed E-state index contributed by atoms with van der Waals surface area (Å²) < 4.78 is 27.1. The van der Waals surface area contributed by atoms with Gasteiger partial charge in [0.15, 0.2) is 24.1 Å². The number of benzene rings is 1. The predicted octanol–water partition coefficient (Wildman–Crippen LogP) is 1.22. The van der Waals surface area contributed by atoms with E-state index in [1.165, 1.54) is 21.0 Å². The first-order valence-corrected chi connectivity index (χ1v) is 8.18. The van der Waals surface area contributed by atoms with E-state index in [2.05, 4.69) is 0 Å². The van der Waals surface area contributed by atoms with Crippen LogP contribution in [-0.2, 0) is 33.3 Å². The molecule has 1 saturated carbocycles. The maximum atomic E-state index is 12.3. The first kappa shape index (κ1) is 18.3. The minimum Gasteiger partial charge on any atom is -0.455 e. The SMILES string of the molecule is COC1O[C@@]2(C[C@H]2OC(=O)c2ccccc2)[C@H](OC(C)=O)[C@@H]1OC(C)=O. The Bertz CT molecular complexity index is 702. The van der Waals surface area contributed by atoms with Crippen LogP contribution in [0.2, 0.25) is 0 Å². The van der Waals surface area contributed by atoms with Crippen LogP contribution in [0.4, 0.5) is 0 Å². The summed E-state index contributed by atoms with van der Waals surface area (Å²) in [7, 11) is 1.39. The standard InChI is InChI=1S/C18H20O8/c1-10(19)23-14-15(24-11(2)20)18(26-17(14)22-3)9-13(18)25-16(21)12-7-5-4-6-8-12/h4-8,13-15,17H,9H2,1-3H3/t13-,14+,15-,17?,18-/m1/s1. The van der Waals surface area contributed by atoms with E-state index in [1.54, 1.807) is 30.3 Å². The van der Waals surface area contributed by atoms with E-state index < -0.39 is 48.1 Å². The average molecular weight is 364 g/mol. The fourth-order valence-corrected chi connectivity index (χ4v) is 3.18. The summed E-state index contributed by atoms with van der Waals surface area (Å²) in [5.74, 6) is -1.64. The molecule has 1 unspecified atom stereocenters. The van der Waals surface area contributed by atoms with Gasteiger partial charge in [-0.25, -0.2) is 4.79 Å². The highest BCUT2D eigenvalue weighted by atomic mass is 16.8. The first-order valence-electron chi connectivity index (χ1n) is 8.18. The zero-order chi connectivity index (χ0) is 18.9. The molecule has 140 valence electrons. The van der Waals surface area contributed by atoms with Crippen molar-refractivity contribution in [2.45, 2.75) is 50.5 Å². The molecule has 1 aliphatic heterocycles. The molecule has 1 heterocycles. The van der Waals surface area contributed by atoms with Gasteiger partial charge in [-0.05, 0) is 12.1 Å². The van der Waals surface area contributed by atoms with Gasteiger partial charge in [-0.2, -0.15) is 0 Å². The zero-order valence-corrected chi connectivity index (χ0v) is 14.7. The molecular weight excluding hydrogens is 344 g/mol. The molecule has 3 rings (SSSR count). The minimum absolute atomic E-state index is 0.307. The number of carbonyl (C=O) groups is 3. The Morgan fingerprint density at radius 2 is 1.69 bits per heavy atom. The van der Waals surface area contributed by atoms with E-state index in [0.29, 0.717) is 12.0 Å². The van der Waals surface area contributed by atoms with Crippen LogP contribution in [0.15, 0.2) is 30.3 Å². The molecule has 0 amide bonds. The number of ether oxygens (including phenoxy) is 5. The molecule has 0 N–H and O–H groups in total. The second kappa shape index (κ2) is 7.05. The highest BCUT2D eigenvalue weighted by Gasteiger charge is 2.74. The van der Waals surface area contributed by atoms with Gasteiger partial charge in [0.2, 0.25) is 0 Å². The number of rotatable bonds is 5. The van der Waals surface area contributed by atoms with Gasteiger partial charge in [0.1, 0.15) is 6.10 Å². The third-order valence-corrected chi connectivity index (χ3v) is 4.36. The van der Waals surface area contributed by atoms with Crippen LogP contribution >= 0.6 is 0 Å². The summed E-state index contributed by atoms with van der Waals surface area (Å²) in [5.41, 5.74) is -0.687. The molecular formula is C18H20O8. The van der Waals surface area contributed by atoms with E-state index in [0.717, 1.165) is 0 Å². The van der Waals surface area contributed by atoms with Crippen LogP contribution in [0.3, 0.4) is 0 Å². The lowest BCUT2D eigenvalue weighted by Crippen LogP contribution is -2.42. The quantitative estimate of drug-likeness (QED) is 0.568. The van der Waals surface area contributed by atoms with Crippen molar-refractivity contribution in [1.82, 2.24) is 0 Å². The predicted molar refractivity (Wildman–Crippen MR) is 86.0 cm³/mol. The van der Waals surface area contributed by atoms with Gasteiger partial charge in [-0.1, -0.05) is 18.2 Å². The van der Waals surface area contributed by atoms with Crippen molar-refractivity contribution >= 4 is 17.9 Å². The Morgan fingerprint density at radius 1 is 1.04 bits per heavy atom. The number of hydrogen-bond donors (Lipinski definition) is 0. The van der Waals surface area contributed by atoms with E-state index in [-0.39, 0.29) is 0 Å². The summed E-state index contributed by atoms with van der Waals surface area (Å²) >= 11 is 0. The van der Waals surface area contributed by atoms with Crippen molar-refractivity contribution in [3.8, 4) is 0 Å². The lowest BCUT2D eigenvalue weighted by atomic mass is 10.1. The third-order valence-electron chi connectivity index (χ3n) is 4.36. The molecule has 8 heteroatoms. The summed E-state index contributed by atoms with van der Waals surface area (Å²) in [6.07, 6.45) is -3.13. The molecule has 0 radical (unpaired) electrons. The Morgan fingerprint density at radius 3 is 2.27 bits per heavy atom. The Kier molecular flexibility index (Phi) is 4.97. The second-order valence-electron chi connectivity index (χ2n) is 6.25. The number of esters is 3. The van der Waals surface area contributed by atoms with Gasteiger partial charge in [0.25, 0.3) is 0 Å². The van der Waals surface area contributed by atoms with Gasteiger partial charge >= 0.3 is 17.9 Å². The fraction of sp³-hybridized carbons (Fsp3) is 0.500. The largest absolute Gasteiger partial charge is 0.455 e. The van der Waals surface area contributed by atoms with E-state index in [4.69, 9.17) is 23.7 Å². The number of hydrogen-bond acceptors (Lipinski definition) is 8. The molecule has 1 aliphatic carbocycles. The minimum atomic E-state index is -1.09. The highest BCUT2D eigenvalue weighted by Crippen LogP contribution is 2.54. The molecule has 2 fully saturated rings. The summed E-state index contributed by atoms with van der Waals surface area (Å²) in [6, 6.07) is 8.51. The van der Waals surface area contributed by atoms with E-state index in [1.807, 2.05) is 0 Å². The Balaban J connectivity index is 1.78. The first-order chi connectivity index (χ1) is 12.4. The molecule has 5 atom stereocenters. The van der Waals surface area contributed by atoms with Crippen molar-refractivity contribution in [3.63, 3.8) is 0 Å². The van der Waals surface area contributed by atoms with Crippen molar-refractivity contribution < 1.29 is 38.1 Å². The van der Waals surface area contributed by atoms with Gasteiger partial charge in [0, 0.05) is 27.4 Å². The van der Waals surface area contributed by atoms with Gasteiger partial charge in [-0.15, -0.1) is 0 Å². The Hall–Kier alpha value is -2.45. The van der Waals surface area contributed by atoms with E-state index in [9.17, 15) is 14.4 Å². The molecule has 0 aromatic heterocycles. The van der Waals surface area contributed by atoms with Crippen molar-refractivity contribution in [3.05, 3.63) is 35.9 Å². The lowest BCUT2D eigenvalue weighted by Gasteiger charge is -2.23. The van der Waals surface area contributed by atoms with Crippen LogP contribution in [0.1, 0.15) is 30.6 Å². The lowest BCUT2D eigenvalue weighted by molar-refractivity contribution is -0.182. The maximum absolute atomic E-state index is 12.3. The molecule has 26 heavy (non-hydrogen) atoms. The molecule has 1 aromatic carbocycles. The molecule has 1 saturated heterocycles. The highest BCUT2D eigenvalue weighted by molar-refractivity contribution is 5.89. The zero-order valence-electron chi connectivity index (χ0n) is 14.7. The summed E-state index contributed by atoms with van der Waals surface area (Å²) in [4.78, 5) is 35.2. The fourth-order valence-electron chi connectivity index (χ4n) is 3.18. The smallest absolute Gasteiger partial charge is 0.338 e. The van der Waals surface area contributed by atoms with Crippen LogP contribution in [0, 0.1) is 0 Å². The van der Waals surface area contributed by atoms with E-state index >= 15 is 0 Å². The normalized spacial score (nSPS) is 32.1. The average Bonchev–Trinajstić information content (AvgIpc) is 3.21. The van der Waals surface area contributed by atoms with Gasteiger partial charge in [-0.3, -0.25) is 9.59 Å². The van der Waals surface area contributed by atoms with Gasteiger partial charge in [0.05, 0.1) is 5.56 Å². The van der Waals surface area contributed by atoms with Crippen molar-refractivity contribution in [1.29, 1.82) is 0 Å².